The van der Waals surface area contributed by atoms with Gasteiger partial charge in [0.15, 0.2) is 0 Å². The first-order valence-corrected chi connectivity index (χ1v) is 5.87. The molecule has 18 heavy (non-hydrogen) atoms. The van der Waals surface area contributed by atoms with Crippen LogP contribution in [-0.2, 0) is 6.42 Å². The highest BCUT2D eigenvalue weighted by Crippen LogP contribution is 2.28. The highest BCUT2D eigenvalue weighted by atomic mass is 16.2. The molecule has 4 heteroatoms. The Bertz CT molecular complexity index is 592. The fraction of sp³-hybridized carbons (Fsp3) is 0.143. The number of carbonyl (C=O) groups excluding carboxylic acids is 1. The van der Waals surface area contributed by atoms with Crippen LogP contribution in [0.5, 0.6) is 0 Å². The summed E-state index contributed by atoms with van der Waals surface area (Å²) in [6, 6.07) is 11.3. The molecule has 0 spiro atoms. The van der Waals surface area contributed by atoms with E-state index in [0.717, 1.165) is 12.1 Å². The summed E-state index contributed by atoms with van der Waals surface area (Å²) < 4.78 is 0. The van der Waals surface area contributed by atoms with E-state index in [1.54, 1.807) is 17.0 Å². The van der Waals surface area contributed by atoms with Crippen molar-refractivity contribution in [3.63, 3.8) is 0 Å². The molecule has 0 fully saturated rings. The van der Waals surface area contributed by atoms with E-state index in [-0.39, 0.29) is 5.91 Å². The zero-order chi connectivity index (χ0) is 12.5. The molecule has 4 nitrogen and oxygen atoms in total. The molecule has 0 unspecified atom stereocenters. The maximum atomic E-state index is 12.3. The monoisotopic (exact) mass is 239 g/mol. The SMILES string of the molecule is Nc1ccc(C(=O)N2CCc3ccccc32)nc1. The van der Waals surface area contributed by atoms with Gasteiger partial charge in [-0.15, -0.1) is 0 Å². The Labute approximate surface area is 105 Å². The Kier molecular flexibility index (Phi) is 2.48. The van der Waals surface area contributed by atoms with Crippen molar-refractivity contribution in [2.45, 2.75) is 6.42 Å². The van der Waals surface area contributed by atoms with Crippen LogP contribution in [0, 0.1) is 0 Å². The third kappa shape index (κ3) is 1.72. The second-order valence-electron chi connectivity index (χ2n) is 4.31. The van der Waals surface area contributed by atoms with Crippen molar-refractivity contribution in [3.8, 4) is 0 Å². The van der Waals surface area contributed by atoms with Crippen LogP contribution in [0.15, 0.2) is 42.6 Å². The van der Waals surface area contributed by atoms with E-state index in [1.807, 2.05) is 18.2 Å². The van der Waals surface area contributed by atoms with Gasteiger partial charge in [0.25, 0.3) is 5.91 Å². The fourth-order valence-electron chi connectivity index (χ4n) is 2.22. The van der Waals surface area contributed by atoms with Crippen molar-refractivity contribution in [1.29, 1.82) is 0 Å². The van der Waals surface area contributed by atoms with Gasteiger partial charge in [-0.25, -0.2) is 4.98 Å². The number of carbonyl (C=O) groups is 1. The van der Waals surface area contributed by atoms with Gasteiger partial charge in [-0.1, -0.05) is 18.2 Å². The molecular weight excluding hydrogens is 226 g/mol. The number of pyridine rings is 1. The highest BCUT2D eigenvalue weighted by molar-refractivity contribution is 6.06. The van der Waals surface area contributed by atoms with Gasteiger partial charge < -0.3 is 10.6 Å². The van der Waals surface area contributed by atoms with Gasteiger partial charge in [0.05, 0.1) is 11.9 Å². The molecule has 0 bridgehead atoms. The Morgan fingerprint density at radius 3 is 2.83 bits per heavy atom. The quantitative estimate of drug-likeness (QED) is 0.826. The Balaban J connectivity index is 1.93. The molecule has 2 N–H and O–H groups in total. The van der Waals surface area contributed by atoms with Crippen LogP contribution < -0.4 is 10.6 Å². The lowest BCUT2D eigenvalue weighted by molar-refractivity contribution is 0.0984. The van der Waals surface area contributed by atoms with Crippen molar-refractivity contribution in [2.75, 3.05) is 17.2 Å². The van der Waals surface area contributed by atoms with Gasteiger partial charge in [-0.2, -0.15) is 0 Å². The number of nitrogens with zero attached hydrogens (tertiary/aromatic N) is 2. The molecule has 0 atom stereocenters. The summed E-state index contributed by atoms with van der Waals surface area (Å²) in [7, 11) is 0. The van der Waals surface area contributed by atoms with Crippen molar-refractivity contribution < 1.29 is 4.79 Å². The first-order chi connectivity index (χ1) is 8.75. The molecule has 2 heterocycles. The normalized spacial score (nSPS) is 13.4. The zero-order valence-electron chi connectivity index (χ0n) is 9.84. The number of fused-ring (bicyclic) bond motifs is 1. The Hall–Kier alpha value is -2.36. The van der Waals surface area contributed by atoms with Crippen LogP contribution in [0.2, 0.25) is 0 Å². The van der Waals surface area contributed by atoms with E-state index in [9.17, 15) is 4.79 Å². The van der Waals surface area contributed by atoms with E-state index >= 15 is 0 Å². The maximum Gasteiger partial charge on any atom is 0.276 e. The number of para-hydroxylation sites is 1. The molecule has 1 aliphatic heterocycles. The number of nitrogens with two attached hydrogens (primary N) is 1. The highest BCUT2D eigenvalue weighted by Gasteiger charge is 2.25. The number of amides is 1. The lowest BCUT2D eigenvalue weighted by Crippen LogP contribution is -2.29. The molecule has 1 aromatic carbocycles. The minimum Gasteiger partial charge on any atom is -0.397 e. The zero-order valence-corrected chi connectivity index (χ0v) is 9.84. The van der Waals surface area contributed by atoms with Crippen molar-refractivity contribution in [3.05, 3.63) is 53.9 Å². The fourth-order valence-corrected chi connectivity index (χ4v) is 2.22. The largest absolute Gasteiger partial charge is 0.397 e. The minimum atomic E-state index is -0.0695. The number of benzene rings is 1. The number of rotatable bonds is 1. The summed E-state index contributed by atoms with van der Waals surface area (Å²) in [6.45, 7) is 0.713. The first-order valence-electron chi connectivity index (χ1n) is 5.87. The molecule has 0 saturated heterocycles. The predicted octanol–water partition coefficient (Wildman–Crippen LogP) is 1.87. The van der Waals surface area contributed by atoms with Gasteiger partial charge in [-0.05, 0) is 30.2 Å². The molecule has 1 aliphatic rings. The maximum absolute atomic E-state index is 12.3. The minimum absolute atomic E-state index is 0.0695. The number of hydrogen-bond acceptors (Lipinski definition) is 3. The molecule has 0 aliphatic carbocycles. The standard InChI is InChI=1S/C14H13N3O/c15-11-5-6-12(16-9-11)14(18)17-8-7-10-3-1-2-4-13(10)17/h1-6,9H,7-8,15H2. The van der Waals surface area contributed by atoms with E-state index in [1.165, 1.54) is 11.8 Å². The van der Waals surface area contributed by atoms with Crippen molar-refractivity contribution in [1.82, 2.24) is 4.98 Å². The first kappa shape index (κ1) is 10.8. The van der Waals surface area contributed by atoms with Gasteiger partial charge in [0.1, 0.15) is 5.69 Å². The summed E-state index contributed by atoms with van der Waals surface area (Å²) >= 11 is 0. The van der Waals surface area contributed by atoms with Crippen molar-refractivity contribution >= 4 is 17.3 Å². The van der Waals surface area contributed by atoms with Gasteiger partial charge >= 0.3 is 0 Å². The number of hydrogen-bond donors (Lipinski definition) is 1. The average Bonchev–Trinajstić information content (AvgIpc) is 2.82. The third-order valence-electron chi connectivity index (χ3n) is 3.14. The molecule has 0 radical (unpaired) electrons. The lowest BCUT2D eigenvalue weighted by Gasteiger charge is -2.16. The van der Waals surface area contributed by atoms with E-state index in [2.05, 4.69) is 11.1 Å². The summed E-state index contributed by atoms with van der Waals surface area (Å²) in [5.74, 6) is -0.0695. The van der Waals surface area contributed by atoms with Crippen LogP contribution in [0.3, 0.4) is 0 Å². The molecule has 0 saturated carbocycles. The van der Waals surface area contributed by atoms with Crippen LogP contribution in [-0.4, -0.2) is 17.4 Å². The smallest absolute Gasteiger partial charge is 0.276 e. The summed E-state index contributed by atoms with van der Waals surface area (Å²) in [4.78, 5) is 18.2. The van der Waals surface area contributed by atoms with Crippen LogP contribution >= 0.6 is 0 Å². The van der Waals surface area contributed by atoms with Crippen molar-refractivity contribution in [2.24, 2.45) is 0 Å². The van der Waals surface area contributed by atoms with E-state index < -0.39 is 0 Å². The average molecular weight is 239 g/mol. The van der Waals surface area contributed by atoms with Crippen LogP contribution in [0.1, 0.15) is 16.1 Å². The number of nitrogen functional groups attached to an aromatic ring is 1. The summed E-state index contributed by atoms with van der Waals surface area (Å²) in [5.41, 5.74) is 8.76. The summed E-state index contributed by atoms with van der Waals surface area (Å²) in [6.07, 6.45) is 2.41. The van der Waals surface area contributed by atoms with E-state index in [4.69, 9.17) is 5.73 Å². The third-order valence-corrected chi connectivity index (χ3v) is 3.14. The topological polar surface area (TPSA) is 59.2 Å². The van der Waals surface area contributed by atoms with Gasteiger partial charge in [0, 0.05) is 12.2 Å². The number of anilines is 2. The Morgan fingerprint density at radius 2 is 2.06 bits per heavy atom. The lowest BCUT2D eigenvalue weighted by atomic mass is 10.2. The number of aromatic nitrogens is 1. The molecule has 2 aromatic rings. The molecule has 3 rings (SSSR count). The molecular formula is C14H13N3O. The molecule has 1 amide bonds. The molecule has 90 valence electrons. The van der Waals surface area contributed by atoms with Crippen LogP contribution in [0.25, 0.3) is 0 Å². The predicted molar refractivity (Wildman–Crippen MR) is 70.5 cm³/mol. The van der Waals surface area contributed by atoms with Gasteiger partial charge in [0.2, 0.25) is 0 Å². The van der Waals surface area contributed by atoms with Gasteiger partial charge in [-0.3, -0.25) is 4.79 Å². The van der Waals surface area contributed by atoms with E-state index in [0.29, 0.717) is 17.9 Å². The second-order valence-corrected chi connectivity index (χ2v) is 4.31. The second kappa shape index (κ2) is 4.14. The Morgan fingerprint density at radius 1 is 1.22 bits per heavy atom. The summed E-state index contributed by atoms with van der Waals surface area (Å²) in [5, 5.41) is 0. The van der Waals surface area contributed by atoms with Crippen LogP contribution in [0.4, 0.5) is 11.4 Å². The molecule has 1 aromatic heterocycles.